The van der Waals surface area contributed by atoms with Gasteiger partial charge in [0.1, 0.15) is 5.82 Å². The number of nitrogen functional groups attached to an aromatic ring is 1. The monoisotopic (exact) mass is 341 g/mol. The molecule has 0 radical (unpaired) electrons. The van der Waals surface area contributed by atoms with Crippen LogP contribution in [0.2, 0.25) is 0 Å². The molecule has 0 saturated heterocycles. The molecule has 2 aromatic carbocycles. The minimum atomic E-state index is -1.17. The number of carboxylic acid groups (broad SMARTS) is 1. The van der Waals surface area contributed by atoms with Crippen molar-refractivity contribution in [3.05, 3.63) is 52.3 Å². The Morgan fingerprint density at radius 1 is 1.32 bits per heavy atom. The minimum absolute atomic E-state index is 0.0800. The molecule has 3 N–H and O–H groups in total. The van der Waals surface area contributed by atoms with E-state index in [1.54, 1.807) is 0 Å². The molecule has 0 aliphatic carbocycles. The first-order chi connectivity index (χ1) is 8.97. The van der Waals surface area contributed by atoms with Gasteiger partial charge in [-0.05, 0) is 30.3 Å². The van der Waals surface area contributed by atoms with Gasteiger partial charge >= 0.3 is 5.97 Å². The number of rotatable bonds is 3. The Balaban J connectivity index is 2.40. The zero-order valence-corrected chi connectivity index (χ0v) is 12.0. The van der Waals surface area contributed by atoms with E-state index in [1.165, 1.54) is 6.07 Å². The Kier molecular flexibility index (Phi) is 4.11. The largest absolute Gasteiger partial charge is 0.478 e. The highest BCUT2D eigenvalue weighted by Crippen LogP contribution is 2.33. The van der Waals surface area contributed by atoms with Crippen LogP contribution in [0.25, 0.3) is 0 Å². The second-order valence-corrected chi connectivity index (χ2v) is 5.77. The predicted octanol–water partition coefficient (Wildman–Crippen LogP) is 4.02. The second kappa shape index (κ2) is 5.63. The van der Waals surface area contributed by atoms with Crippen LogP contribution < -0.4 is 5.73 Å². The first kappa shape index (κ1) is 13.9. The average Bonchev–Trinajstić information content (AvgIpc) is 2.32. The quantitative estimate of drug-likeness (QED) is 0.827. The second-order valence-electron chi connectivity index (χ2n) is 3.73. The van der Waals surface area contributed by atoms with Crippen molar-refractivity contribution in [3.63, 3.8) is 0 Å². The smallest absolute Gasteiger partial charge is 0.337 e. The number of hydrogen-bond donors (Lipinski definition) is 2. The molecule has 98 valence electrons. The van der Waals surface area contributed by atoms with Crippen molar-refractivity contribution < 1.29 is 14.3 Å². The number of anilines is 1. The van der Waals surface area contributed by atoms with Crippen molar-refractivity contribution in [1.29, 1.82) is 0 Å². The molecule has 0 aromatic heterocycles. The SMILES string of the molecule is Nc1cc(F)c(Sc2cccc(Br)c2)cc1C(=O)O. The molecule has 0 heterocycles. The standard InChI is InChI=1S/C13H9BrFNO2S/c14-7-2-1-3-8(4-7)19-12-5-9(13(17)18)11(16)6-10(12)15/h1-6H,16H2,(H,17,18). The molecular weight excluding hydrogens is 333 g/mol. The Hall–Kier alpha value is -1.53. The number of hydrogen-bond acceptors (Lipinski definition) is 3. The van der Waals surface area contributed by atoms with E-state index >= 15 is 0 Å². The van der Waals surface area contributed by atoms with Gasteiger partial charge in [-0.25, -0.2) is 9.18 Å². The van der Waals surface area contributed by atoms with E-state index in [9.17, 15) is 9.18 Å². The van der Waals surface area contributed by atoms with Gasteiger partial charge in [-0.3, -0.25) is 0 Å². The van der Waals surface area contributed by atoms with Crippen LogP contribution in [0.5, 0.6) is 0 Å². The van der Waals surface area contributed by atoms with Crippen LogP contribution in [-0.2, 0) is 0 Å². The summed E-state index contributed by atoms with van der Waals surface area (Å²) in [6.45, 7) is 0. The van der Waals surface area contributed by atoms with Gasteiger partial charge in [-0.2, -0.15) is 0 Å². The van der Waals surface area contributed by atoms with Gasteiger partial charge in [0.2, 0.25) is 0 Å². The molecule has 3 nitrogen and oxygen atoms in total. The van der Waals surface area contributed by atoms with Gasteiger partial charge < -0.3 is 10.8 Å². The molecule has 0 fully saturated rings. The maximum atomic E-state index is 13.8. The predicted molar refractivity (Wildman–Crippen MR) is 76.0 cm³/mol. The van der Waals surface area contributed by atoms with Crippen molar-refractivity contribution in [2.45, 2.75) is 9.79 Å². The number of halogens is 2. The van der Waals surface area contributed by atoms with E-state index in [0.29, 0.717) is 0 Å². The maximum absolute atomic E-state index is 13.8. The van der Waals surface area contributed by atoms with E-state index in [0.717, 1.165) is 27.2 Å². The fraction of sp³-hybridized carbons (Fsp3) is 0. The summed E-state index contributed by atoms with van der Waals surface area (Å²) in [5.41, 5.74) is 5.29. The summed E-state index contributed by atoms with van der Waals surface area (Å²) in [6, 6.07) is 9.58. The molecule has 19 heavy (non-hydrogen) atoms. The third-order valence-corrected chi connectivity index (χ3v) is 3.87. The van der Waals surface area contributed by atoms with E-state index in [-0.39, 0.29) is 16.1 Å². The highest BCUT2D eigenvalue weighted by molar-refractivity contribution is 9.10. The summed E-state index contributed by atoms with van der Waals surface area (Å²) < 4.78 is 14.6. The molecule has 0 saturated carbocycles. The lowest BCUT2D eigenvalue weighted by Gasteiger charge is -2.07. The van der Waals surface area contributed by atoms with Gasteiger partial charge in [0.25, 0.3) is 0 Å². The first-order valence-corrected chi connectivity index (χ1v) is 6.84. The van der Waals surface area contributed by atoms with Crippen LogP contribution in [0.1, 0.15) is 10.4 Å². The van der Waals surface area contributed by atoms with Crippen LogP contribution in [0, 0.1) is 5.82 Å². The molecule has 0 spiro atoms. The topological polar surface area (TPSA) is 63.3 Å². The van der Waals surface area contributed by atoms with Crippen molar-refractivity contribution in [2.24, 2.45) is 0 Å². The minimum Gasteiger partial charge on any atom is -0.478 e. The summed E-state index contributed by atoms with van der Waals surface area (Å²) in [7, 11) is 0. The fourth-order valence-electron chi connectivity index (χ4n) is 1.49. The number of nitrogens with two attached hydrogens (primary N) is 1. The van der Waals surface area contributed by atoms with Crippen molar-refractivity contribution >= 4 is 39.3 Å². The lowest BCUT2D eigenvalue weighted by atomic mass is 10.2. The van der Waals surface area contributed by atoms with Gasteiger partial charge in [0, 0.05) is 20.0 Å². The lowest BCUT2D eigenvalue weighted by Crippen LogP contribution is -2.03. The molecule has 0 unspecified atom stereocenters. The molecule has 2 rings (SSSR count). The zero-order valence-electron chi connectivity index (χ0n) is 9.56. The summed E-state index contributed by atoms with van der Waals surface area (Å²) >= 11 is 4.47. The number of aromatic carboxylic acids is 1. The number of carboxylic acids is 1. The van der Waals surface area contributed by atoms with Crippen LogP contribution in [-0.4, -0.2) is 11.1 Å². The molecule has 0 aliphatic heterocycles. The Labute approximate surface area is 121 Å². The van der Waals surface area contributed by atoms with E-state index in [2.05, 4.69) is 15.9 Å². The molecule has 0 bridgehead atoms. The summed E-state index contributed by atoms with van der Waals surface area (Å²) in [6.07, 6.45) is 0. The van der Waals surface area contributed by atoms with E-state index in [1.807, 2.05) is 24.3 Å². The summed E-state index contributed by atoms with van der Waals surface area (Å²) in [5, 5.41) is 8.97. The summed E-state index contributed by atoms with van der Waals surface area (Å²) in [5.74, 6) is -1.71. The van der Waals surface area contributed by atoms with Crippen molar-refractivity contribution in [1.82, 2.24) is 0 Å². The Morgan fingerprint density at radius 3 is 2.68 bits per heavy atom. The third kappa shape index (κ3) is 3.27. The molecule has 0 aliphatic rings. The summed E-state index contributed by atoms with van der Waals surface area (Å²) in [4.78, 5) is 12.0. The van der Waals surface area contributed by atoms with Crippen LogP contribution in [0.15, 0.2) is 50.7 Å². The average molecular weight is 342 g/mol. The number of carbonyl (C=O) groups is 1. The zero-order chi connectivity index (χ0) is 14.0. The maximum Gasteiger partial charge on any atom is 0.337 e. The van der Waals surface area contributed by atoms with E-state index < -0.39 is 11.8 Å². The molecule has 0 atom stereocenters. The van der Waals surface area contributed by atoms with Crippen LogP contribution in [0.3, 0.4) is 0 Å². The molecule has 0 amide bonds. The Morgan fingerprint density at radius 2 is 2.05 bits per heavy atom. The van der Waals surface area contributed by atoms with Crippen molar-refractivity contribution in [2.75, 3.05) is 5.73 Å². The highest BCUT2D eigenvalue weighted by Gasteiger charge is 2.14. The van der Waals surface area contributed by atoms with Gasteiger partial charge in [0.05, 0.1) is 5.56 Å². The fourth-order valence-corrected chi connectivity index (χ4v) is 2.96. The highest BCUT2D eigenvalue weighted by atomic mass is 79.9. The van der Waals surface area contributed by atoms with Gasteiger partial charge in [0.15, 0.2) is 0 Å². The van der Waals surface area contributed by atoms with Crippen molar-refractivity contribution in [3.8, 4) is 0 Å². The number of benzene rings is 2. The normalized spacial score (nSPS) is 10.4. The Bertz CT molecular complexity index is 649. The van der Waals surface area contributed by atoms with Crippen LogP contribution >= 0.6 is 27.7 Å². The lowest BCUT2D eigenvalue weighted by molar-refractivity contribution is 0.0697. The molecule has 2 aromatic rings. The molecular formula is C13H9BrFNO2S. The first-order valence-electron chi connectivity index (χ1n) is 5.23. The third-order valence-electron chi connectivity index (χ3n) is 2.36. The van der Waals surface area contributed by atoms with Gasteiger partial charge in [-0.15, -0.1) is 0 Å². The van der Waals surface area contributed by atoms with E-state index in [4.69, 9.17) is 10.8 Å². The molecule has 6 heteroatoms. The van der Waals surface area contributed by atoms with Crippen LogP contribution in [0.4, 0.5) is 10.1 Å². The van der Waals surface area contributed by atoms with Gasteiger partial charge in [-0.1, -0.05) is 33.8 Å².